The zero-order valence-corrected chi connectivity index (χ0v) is 18.4. The van der Waals surface area contributed by atoms with Gasteiger partial charge in [-0.15, -0.1) is 24.0 Å². The second kappa shape index (κ2) is 14.2. The predicted octanol–water partition coefficient (Wildman–Crippen LogP) is 3.75. The smallest absolute Gasteiger partial charge is 0.191 e. The number of hydrogen-bond acceptors (Lipinski definition) is 3. The molecule has 26 heavy (non-hydrogen) atoms. The molecule has 0 aliphatic carbocycles. The van der Waals surface area contributed by atoms with Crippen LogP contribution in [0.1, 0.15) is 44.7 Å². The van der Waals surface area contributed by atoms with Crippen molar-refractivity contribution in [3.63, 3.8) is 0 Å². The average Bonchev–Trinajstić information content (AvgIpc) is 2.66. The van der Waals surface area contributed by atoms with Crippen molar-refractivity contribution in [2.24, 2.45) is 10.9 Å². The molecule has 2 rings (SSSR count). The van der Waals surface area contributed by atoms with Crippen LogP contribution in [-0.4, -0.2) is 45.5 Å². The Kier molecular flexibility index (Phi) is 12.7. The third kappa shape index (κ3) is 9.19. The molecule has 1 aromatic rings. The van der Waals surface area contributed by atoms with Crippen molar-refractivity contribution >= 4 is 29.9 Å². The number of nitrogens with one attached hydrogen (secondary N) is 2. The van der Waals surface area contributed by atoms with Gasteiger partial charge in [-0.2, -0.15) is 0 Å². The summed E-state index contributed by atoms with van der Waals surface area (Å²) in [5, 5.41) is 6.77. The van der Waals surface area contributed by atoms with Gasteiger partial charge in [0.2, 0.25) is 0 Å². The van der Waals surface area contributed by atoms with E-state index in [4.69, 9.17) is 9.47 Å². The van der Waals surface area contributed by atoms with E-state index in [0.717, 1.165) is 64.7 Å². The first kappa shape index (κ1) is 23.2. The van der Waals surface area contributed by atoms with Crippen LogP contribution in [0.25, 0.3) is 0 Å². The molecule has 0 spiro atoms. The first-order valence-corrected chi connectivity index (χ1v) is 9.55. The molecule has 2 N–H and O–H groups in total. The summed E-state index contributed by atoms with van der Waals surface area (Å²) in [5.41, 5.74) is 1.26. The molecule has 5 nitrogen and oxygen atoms in total. The molecule has 0 saturated carbocycles. The maximum atomic E-state index is 5.80. The molecule has 1 heterocycles. The topological polar surface area (TPSA) is 54.9 Å². The Balaban J connectivity index is 0.00000338. The van der Waals surface area contributed by atoms with Gasteiger partial charge >= 0.3 is 0 Å². The average molecular weight is 475 g/mol. The maximum absolute atomic E-state index is 5.80. The van der Waals surface area contributed by atoms with E-state index >= 15 is 0 Å². The lowest BCUT2D eigenvalue weighted by atomic mass is 10.0. The summed E-state index contributed by atoms with van der Waals surface area (Å²) in [6.07, 6.45) is 3.20. The second-order valence-corrected chi connectivity index (χ2v) is 6.52. The Morgan fingerprint density at radius 1 is 1.27 bits per heavy atom. The van der Waals surface area contributed by atoms with Gasteiger partial charge in [-0.1, -0.05) is 30.3 Å². The highest BCUT2D eigenvalue weighted by Crippen LogP contribution is 2.14. The molecule has 0 radical (unpaired) electrons. The summed E-state index contributed by atoms with van der Waals surface area (Å²) < 4.78 is 11.2. The minimum Gasteiger partial charge on any atom is -0.381 e. The van der Waals surface area contributed by atoms with E-state index in [-0.39, 0.29) is 30.0 Å². The van der Waals surface area contributed by atoms with Gasteiger partial charge in [0.25, 0.3) is 0 Å². The number of nitrogens with zero attached hydrogens (tertiary/aromatic N) is 1. The molecule has 6 heteroatoms. The number of hydrogen-bond donors (Lipinski definition) is 2. The van der Waals surface area contributed by atoms with Gasteiger partial charge in [0.05, 0.1) is 6.04 Å². The molecule has 0 aromatic heterocycles. The standard InChI is InChI=1S/C20H33N3O2.HI/c1-3-21-20(23-17(2)19-8-5-4-6-9-19)22-12-7-13-25-16-18-10-14-24-15-11-18;/h4-6,8-9,17-18H,3,7,10-16H2,1-2H3,(H2,21,22,23);1H. The highest BCUT2D eigenvalue weighted by Gasteiger charge is 2.13. The Morgan fingerprint density at radius 2 is 2.00 bits per heavy atom. The van der Waals surface area contributed by atoms with E-state index in [1.165, 1.54) is 5.56 Å². The lowest BCUT2D eigenvalue weighted by Gasteiger charge is -2.21. The van der Waals surface area contributed by atoms with Crippen LogP contribution in [0, 0.1) is 5.92 Å². The molecular formula is C20H34IN3O2. The van der Waals surface area contributed by atoms with E-state index in [2.05, 4.69) is 53.7 Å². The molecule has 1 fully saturated rings. The summed E-state index contributed by atoms with van der Waals surface area (Å²) in [6.45, 7) is 9.26. The van der Waals surface area contributed by atoms with E-state index in [1.807, 2.05) is 6.07 Å². The number of aliphatic imine (C=N–C) groups is 1. The third-order valence-electron chi connectivity index (χ3n) is 4.41. The van der Waals surface area contributed by atoms with Gasteiger partial charge in [0.1, 0.15) is 0 Å². The highest BCUT2D eigenvalue weighted by atomic mass is 127. The van der Waals surface area contributed by atoms with Crippen LogP contribution in [0.5, 0.6) is 0 Å². The summed E-state index contributed by atoms with van der Waals surface area (Å²) in [6, 6.07) is 10.6. The Bertz CT molecular complexity index is 493. The van der Waals surface area contributed by atoms with Crippen molar-refractivity contribution in [3.05, 3.63) is 35.9 Å². The van der Waals surface area contributed by atoms with Gasteiger partial charge in [-0.05, 0) is 44.6 Å². The zero-order chi connectivity index (χ0) is 17.7. The first-order chi connectivity index (χ1) is 12.3. The van der Waals surface area contributed by atoms with Crippen LogP contribution in [-0.2, 0) is 9.47 Å². The third-order valence-corrected chi connectivity index (χ3v) is 4.41. The summed E-state index contributed by atoms with van der Waals surface area (Å²) in [5.74, 6) is 1.53. The summed E-state index contributed by atoms with van der Waals surface area (Å²) >= 11 is 0. The van der Waals surface area contributed by atoms with Crippen molar-refractivity contribution in [1.82, 2.24) is 10.6 Å². The molecule has 1 saturated heterocycles. The number of rotatable bonds is 9. The SMILES string of the molecule is CCNC(=NCCCOCC1CCOCC1)NC(C)c1ccccc1.I. The lowest BCUT2D eigenvalue weighted by molar-refractivity contribution is 0.0205. The maximum Gasteiger partial charge on any atom is 0.191 e. The first-order valence-electron chi connectivity index (χ1n) is 9.55. The van der Waals surface area contributed by atoms with E-state index in [0.29, 0.717) is 5.92 Å². The molecule has 1 aromatic carbocycles. The minimum atomic E-state index is 0. The Hall–Kier alpha value is -0.860. The molecule has 0 bridgehead atoms. The fourth-order valence-electron chi connectivity index (χ4n) is 2.87. The summed E-state index contributed by atoms with van der Waals surface area (Å²) in [7, 11) is 0. The fourth-order valence-corrected chi connectivity index (χ4v) is 2.87. The van der Waals surface area contributed by atoms with Crippen molar-refractivity contribution in [2.75, 3.05) is 39.5 Å². The molecule has 1 aliphatic heterocycles. The van der Waals surface area contributed by atoms with Crippen molar-refractivity contribution in [1.29, 1.82) is 0 Å². The molecule has 0 amide bonds. The van der Waals surface area contributed by atoms with Crippen LogP contribution in [0.4, 0.5) is 0 Å². The number of guanidine groups is 1. The quantitative estimate of drug-likeness (QED) is 0.247. The van der Waals surface area contributed by atoms with Crippen molar-refractivity contribution < 1.29 is 9.47 Å². The van der Waals surface area contributed by atoms with Crippen LogP contribution < -0.4 is 10.6 Å². The molecule has 1 unspecified atom stereocenters. The lowest BCUT2D eigenvalue weighted by Crippen LogP contribution is -2.38. The van der Waals surface area contributed by atoms with Gasteiger partial charge in [0, 0.05) is 39.5 Å². The fraction of sp³-hybridized carbons (Fsp3) is 0.650. The number of halogens is 1. The van der Waals surface area contributed by atoms with E-state index in [9.17, 15) is 0 Å². The van der Waals surface area contributed by atoms with Crippen LogP contribution >= 0.6 is 24.0 Å². The molecule has 1 atom stereocenters. The highest BCUT2D eigenvalue weighted by molar-refractivity contribution is 14.0. The molecule has 1 aliphatic rings. The second-order valence-electron chi connectivity index (χ2n) is 6.52. The van der Waals surface area contributed by atoms with Crippen LogP contribution in [0.3, 0.4) is 0 Å². The normalized spacial score (nSPS) is 16.6. The van der Waals surface area contributed by atoms with Crippen molar-refractivity contribution in [2.45, 2.75) is 39.2 Å². The van der Waals surface area contributed by atoms with Crippen LogP contribution in [0.15, 0.2) is 35.3 Å². The molecular weight excluding hydrogens is 441 g/mol. The number of ether oxygens (including phenoxy) is 2. The van der Waals surface area contributed by atoms with E-state index < -0.39 is 0 Å². The Morgan fingerprint density at radius 3 is 2.69 bits per heavy atom. The Labute approximate surface area is 175 Å². The van der Waals surface area contributed by atoms with Gasteiger partial charge in [0.15, 0.2) is 5.96 Å². The van der Waals surface area contributed by atoms with Gasteiger partial charge in [-0.3, -0.25) is 4.99 Å². The van der Waals surface area contributed by atoms with E-state index in [1.54, 1.807) is 0 Å². The molecule has 148 valence electrons. The number of benzene rings is 1. The largest absolute Gasteiger partial charge is 0.381 e. The van der Waals surface area contributed by atoms with Gasteiger partial charge in [-0.25, -0.2) is 0 Å². The predicted molar refractivity (Wildman–Crippen MR) is 118 cm³/mol. The summed E-state index contributed by atoms with van der Waals surface area (Å²) in [4.78, 5) is 4.66. The zero-order valence-electron chi connectivity index (χ0n) is 16.1. The van der Waals surface area contributed by atoms with Crippen molar-refractivity contribution in [3.8, 4) is 0 Å². The van der Waals surface area contributed by atoms with Crippen LogP contribution in [0.2, 0.25) is 0 Å². The minimum absolute atomic E-state index is 0. The monoisotopic (exact) mass is 475 g/mol. The van der Waals surface area contributed by atoms with Gasteiger partial charge < -0.3 is 20.1 Å².